The zero-order valence-corrected chi connectivity index (χ0v) is 18.1. The van der Waals surface area contributed by atoms with E-state index < -0.39 is 0 Å². The van der Waals surface area contributed by atoms with Crippen LogP contribution in [-0.4, -0.2) is 12.3 Å². The summed E-state index contributed by atoms with van der Waals surface area (Å²) in [4.78, 5) is 15.0. The summed E-state index contributed by atoms with van der Waals surface area (Å²) < 4.78 is 1.13. The van der Waals surface area contributed by atoms with Crippen LogP contribution in [0.15, 0.2) is 65.2 Å². The quantitative estimate of drug-likeness (QED) is 0.385. The van der Waals surface area contributed by atoms with Gasteiger partial charge in [0.15, 0.2) is 5.78 Å². The van der Waals surface area contributed by atoms with Crippen molar-refractivity contribution in [2.24, 2.45) is 11.8 Å². The topological polar surface area (TPSA) is 20.3 Å². The van der Waals surface area contributed by atoms with E-state index in [-0.39, 0.29) is 5.78 Å². The standard InChI is InChI=1S/C26H24BrNO/c1-15(29)18-12-23-20-5-2-4-17(20)14-28-25(16-8-10-19(27)11-9-16)22-7-3-6-21(22)24(13-18)26(23)28/h2-3,5-6,8-13,17,20-22,25H,4,7,14H2,1H3/t17-,20-,21-,22+,25+/m1/s1. The number of anilines is 1. The number of Topliss-reactive ketones (excluding diaryl/α,β-unsaturated/α-hetero) is 1. The monoisotopic (exact) mass is 445 g/mol. The summed E-state index contributed by atoms with van der Waals surface area (Å²) in [5.74, 6) is 2.17. The van der Waals surface area contributed by atoms with Gasteiger partial charge in [-0.15, -0.1) is 0 Å². The predicted octanol–water partition coefficient (Wildman–Crippen LogP) is 6.55. The lowest BCUT2D eigenvalue weighted by atomic mass is 9.70. The molecule has 3 heteroatoms. The van der Waals surface area contributed by atoms with Crippen LogP contribution in [0.1, 0.15) is 64.7 Å². The summed E-state index contributed by atoms with van der Waals surface area (Å²) in [6, 6.07) is 13.7. The molecule has 0 saturated carbocycles. The van der Waals surface area contributed by atoms with Gasteiger partial charge in [-0.05, 0) is 72.6 Å². The number of carbonyl (C=O) groups excluding carboxylic acids is 1. The summed E-state index contributed by atoms with van der Waals surface area (Å²) >= 11 is 3.60. The summed E-state index contributed by atoms with van der Waals surface area (Å²) in [5, 5.41) is 0. The van der Waals surface area contributed by atoms with Crippen molar-refractivity contribution >= 4 is 27.4 Å². The van der Waals surface area contributed by atoms with Crippen LogP contribution < -0.4 is 4.90 Å². The molecule has 0 amide bonds. The second-order valence-corrected chi connectivity index (χ2v) is 9.93. The molecule has 5 atom stereocenters. The minimum absolute atomic E-state index is 0.174. The third-order valence-corrected chi connectivity index (χ3v) is 8.00. The summed E-state index contributed by atoms with van der Waals surface area (Å²) in [7, 11) is 0. The highest BCUT2D eigenvalue weighted by Gasteiger charge is 2.47. The van der Waals surface area contributed by atoms with Crippen LogP contribution in [0.3, 0.4) is 0 Å². The average Bonchev–Trinajstić information content (AvgIpc) is 3.38. The van der Waals surface area contributed by atoms with Gasteiger partial charge >= 0.3 is 0 Å². The second kappa shape index (κ2) is 6.43. The number of nitrogens with zero attached hydrogens (tertiary/aromatic N) is 1. The van der Waals surface area contributed by atoms with E-state index in [1.54, 1.807) is 6.92 Å². The van der Waals surface area contributed by atoms with Gasteiger partial charge in [0.1, 0.15) is 0 Å². The van der Waals surface area contributed by atoms with Gasteiger partial charge in [0, 0.05) is 34.1 Å². The third-order valence-electron chi connectivity index (χ3n) is 7.47. The van der Waals surface area contributed by atoms with Crippen molar-refractivity contribution in [1.82, 2.24) is 0 Å². The highest BCUT2D eigenvalue weighted by molar-refractivity contribution is 9.10. The Labute approximate surface area is 180 Å². The number of carbonyl (C=O) groups is 1. The number of allylic oxidation sites excluding steroid dienone is 4. The maximum Gasteiger partial charge on any atom is 0.159 e. The first-order chi connectivity index (χ1) is 14.1. The van der Waals surface area contributed by atoms with Gasteiger partial charge < -0.3 is 4.90 Å². The molecule has 0 N–H and O–H groups in total. The molecule has 0 spiro atoms. The molecule has 6 rings (SSSR count). The fraction of sp³-hybridized carbons (Fsp3) is 0.346. The minimum atomic E-state index is 0.174. The molecule has 2 aromatic rings. The molecule has 0 bridgehead atoms. The molecule has 2 aliphatic heterocycles. The molecular weight excluding hydrogens is 422 g/mol. The predicted molar refractivity (Wildman–Crippen MR) is 121 cm³/mol. The Hall–Kier alpha value is -2.13. The molecule has 0 saturated heterocycles. The van der Waals surface area contributed by atoms with E-state index >= 15 is 0 Å². The summed E-state index contributed by atoms with van der Waals surface area (Å²) in [6.45, 7) is 2.80. The Morgan fingerprint density at radius 1 is 1.00 bits per heavy atom. The van der Waals surface area contributed by atoms with Crippen molar-refractivity contribution in [3.8, 4) is 0 Å². The van der Waals surface area contributed by atoms with Crippen LogP contribution in [0.5, 0.6) is 0 Å². The van der Waals surface area contributed by atoms with E-state index in [4.69, 9.17) is 0 Å². The number of hydrogen-bond acceptors (Lipinski definition) is 2. The van der Waals surface area contributed by atoms with Gasteiger partial charge in [-0.2, -0.15) is 0 Å². The highest BCUT2D eigenvalue weighted by atomic mass is 79.9. The van der Waals surface area contributed by atoms with Gasteiger partial charge in [0.25, 0.3) is 0 Å². The van der Waals surface area contributed by atoms with E-state index in [1.807, 2.05) is 0 Å². The first kappa shape index (κ1) is 17.7. The van der Waals surface area contributed by atoms with E-state index in [0.717, 1.165) is 29.4 Å². The average molecular weight is 446 g/mol. The van der Waals surface area contributed by atoms with Crippen molar-refractivity contribution in [3.63, 3.8) is 0 Å². The lowest BCUT2D eigenvalue weighted by Crippen LogP contribution is -2.46. The fourth-order valence-electron chi connectivity index (χ4n) is 6.22. The van der Waals surface area contributed by atoms with E-state index in [1.165, 1.54) is 22.4 Å². The first-order valence-electron chi connectivity index (χ1n) is 10.7. The molecule has 29 heavy (non-hydrogen) atoms. The van der Waals surface area contributed by atoms with Crippen LogP contribution in [0.2, 0.25) is 0 Å². The number of ketones is 1. The van der Waals surface area contributed by atoms with E-state index in [2.05, 4.69) is 81.5 Å². The van der Waals surface area contributed by atoms with Crippen LogP contribution in [0, 0.1) is 11.8 Å². The Kier molecular flexibility index (Phi) is 3.93. The molecular formula is C26H24BrNO. The zero-order chi connectivity index (χ0) is 19.7. The molecule has 0 aromatic heterocycles. The Bertz CT molecular complexity index is 1050. The van der Waals surface area contributed by atoms with E-state index in [0.29, 0.717) is 29.7 Å². The molecule has 0 unspecified atom stereocenters. The minimum Gasteiger partial charge on any atom is -0.363 e. The third kappa shape index (κ3) is 2.56. The number of rotatable bonds is 2. The van der Waals surface area contributed by atoms with Gasteiger partial charge in [-0.3, -0.25) is 4.79 Å². The van der Waals surface area contributed by atoms with Crippen molar-refractivity contribution < 1.29 is 4.79 Å². The van der Waals surface area contributed by atoms with Crippen LogP contribution >= 0.6 is 15.9 Å². The van der Waals surface area contributed by atoms with Gasteiger partial charge in [-0.1, -0.05) is 52.4 Å². The normalized spacial score (nSPS) is 30.8. The molecule has 0 fully saturated rings. The SMILES string of the molecule is CC(=O)c1cc2c3c(c1)[C@@H]1C=CC[C@@H]1[C@H](c1ccc(Br)cc1)N3C[C@H]1CC=C[C@@H]21. The maximum absolute atomic E-state index is 12.3. The van der Waals surface area contributed by atoms with E-state index in [9.17, 15) is 4.79 Å². The number of benzene rings is 2. The Morgan fingerprint density at radius 3 is 2.45 bits per heavy atom. The number of fused-ring (bicyclic) bond motifs is 4. The van der Waals surface area contributed by atoms with Crippen molar-refractivity contribution in [2.45, 2.75) is 37.6 Å². The lowest BCUT2D eigenvalue weighted by molar-refractivity contribution is 0.101. The van der Waals surface area contributed by atoms with Gasteiger partial charge in [0.2, 0.25) is 0 Å². The largest absolute Gasteiger partial charge is 0.363 e. The molecule has 2 aromatic carbocycles. The maximum atomic E-state index is 12.3. The molecule has 0 radical (unpaired) electrons. The van der Waals surface area contributed by atoms with Gasteiger partial charge in [0.05, 0.1) is 6.04 Å². The van der Waals surface area contributed by atoms with Crippen LogP contribution in [0.25, 0.3) is 0 Å². The second-order valence-electron chi connectivity index (χ2n) is 9.01. The highest BCUT2D eigenvalue weighted by Crippen LogP contribution is 2.58. The molecule has 2 aliphatic carbocycles. The fourth-order valence-corrected chi connectivity index (χ4v) is 6.48. The first-order valence-corrected chi connectivity index (χ1v) is 11.5. The number of halogens is 1. The summed E-state index contributed by atoms with van der Waals surface area (Å²) in [6.07, 6.45) is 11.7. The number of hydrogen-bond donors (Lipinski definition) is 0. The Morgan fingerprint density at radius 2 is 1.69 bits per heavy atom. The van der Waals surface area contributed by atoms with Crippen LogP contribution in [0.4, 0.5) is 5.69 Å². The van der Waals surface area contributed by atoms with Crippen molar-refractivity contribution in [2.75, 3.05) is 11.4 Å². The molecule has 2 nitrogen and oxygen atoms in total. The van der Waals surface area contributed by atoms with Gasteiger partial charge in [-0.25, -0.2) is 0 Å². The summed E-state index contributed by atoms with van der Waals surface area (Å²) in [5.41, 5.74) is 6.44. The van der Waals surface area contributed by atoms with Crippen molar-refractivity contribution in [3.05, 3.63) is 87.4 Å². The molecule has 146 valence electrons. The Balaban J connectivity index is 1.59. The van der Waals surface area contributed by atoms with Crippen LogP contribution in [-0.2, 0) is 0 Å². The lowest BCUT2D eigenvalue weighted by Gasteiger charge is -2.51. The smallest absolute Gasteiger partial charge is 0.159 e. The molecule has 2 heterocycles. The van der Waals surface area contributed by atoms with Crippen molar-refractivity contribution in [1.29, 1.82) is 0 Å². The molecule has 4 aliphatic rings. The zero-order valence-electron chi connectivity index (χ0n) is 16.5.